The van der Waals surface area contributed by atoms with Gasteiger partial charge in [-0.15, -0.1) is 0 Å². The largest absolute Gasteiger partial charge is 0.457 e. The molecule has 2 amide bonds. The first-order valence-corrected chi connectivity index (χ1v) is 9.18. The molecule has 6 heteroatoms. The number of rotatable bonds is 7. The summed E-state index contributed by atoms with van der Waals surface area (Å²) in [5, 5.41) is 2.74. The van der Waals surface area contributed by atoms with Gasteiger partial charge in [-0.2, -0.15) is 0 Å². The molecule has 0 heterocycles. The van der Waals surface area contributed by atoms with Gasteiger partial charge in [0, 0.05) is 31.3 Å². The highest BCUT2D eigenvalue weighted by molar-refractivity contribution is 5.94. The van der Waals surface area contributed by atoms with Gasteiger partial charge in [0.05, 0.1) is 0 Å². The van der Waals surface area contributed by atoms with Crippen LogP contribution in [0.15, 0.2) is 78.9 Å². The lowest BCUT2D eigenvalue weighted by molar-refractivity contribution is -0.116. The lowest BCUT2D eigenvalue weighted by Gasteiger charge is -2.21. The van der Waals surface area contributed by atoms with Gasteiger partial charge in [0.25, 0.3) is 5.91 Å². The Morgan fingerprint density at radius 2 is 1.52 bits per heavy atom. The number of para-hydroxylation sites is 1. The van der Waals surface area contributed by atoms with E-state index in [0.717, 1.165) is 5.75 Å². The molecule has 0 atom stereocenters. The molecule has 0 spiro atoms. The molecule has 0 fully saturated rings. The predicted octanol–water partition coefficient (Wildman–Crippen LogP) is 4.40. The number of carbonyl (C=O) groups is 2. The van der Waals surface area contributed by atoms with Crippen molar-refractivity contribution in [2.75, 3.05) is 18.0 Å². The molecule has 0 saturated carbocycles. The molecule has 0 saturated heterocycles. The summed E-state index contributed by atoms with van der Waals surface area (Å²) in [6.45, 7) is 2.04. The Balaban J connectivity index is 1.58. The molecule has 1 N–H and O–H groups in total. The maximum Gasteiger partial charge on any atom is 0.251 e. The lowest BCUT2D eigenvalue weighted by Crippen LogP contribution is -2.37. The van der Waals surface area contributed by atoms with Crippen LogP contribution >= 0.6 is 0 Å². The van der Waals surface area contributed by atoms with Gasteiger partial charge < -0.3 is 15.0 Å². The van der Waals surface area contributed by atoms with Crippen molar-refractivity contribution in [3.63, 3.8) is 0 Å². The third kappa shape index (κ3) is 5.65. The molecule has 0 radical (unpaired) electrons. The number of anilines is 1. The average molecular weight is 392 g/mol. The average Bonchev–Trinajstić information content (AvgIpc) is 2.73. The summed E-state index contributed by atoms with van der Waals surface area (Å²) >= 11 is 0. The van der Waals surface area contributed by atoms with E-state index < -0.39 is 5.82 Å². The number of ether oxygens (including phenoxy) is 1. The lowest BCUT2D eigenvalue weighted by atomic mass is 10.2. The van der Waals surface area contributed by atoms with Crippen LogP contribution in [0.1, 0.15) is 17.3 Å². The maximum absolute atomic E-state index is 13.0. The third-order valence-corrected chi connectivity index (χ3v) is 4.23. The third-order valence-electron chi connectivity index (χ3n) is 4.23. The monoisotopic (exact) mass is 392 g/mol. The number of benzene rings is 3. The van der Waals surface area contributed by atoms with Crippen LogP contribution in [0.5, 0.6) is 11.5 Å². The zero-order valence-corrected chi connectivity index (χ0v) is 16.0. The smallest absolute Gasteiger partial charge is 0.251 e. The minimum absolute atomic E-state index is 0.141. The highest BCUT2D eigenvalue weighted by Gasteiger charge is 2.13. The standard InChI is InChI=1S/C23H21FN2O3/c1-17(27)26(16-15-25-23(28)18-7-9-19(24)10-8-18)20-11-13-22(14-12-20)29-21-5-3-2-4-6-21/h2-14H,15-16H2,1H3,(H,25,28). The van der Waals surface area contributed by atoms with Crippen LogP contribution in [0.4, 0.5) is 10.1 Å². The second-order valence-electron chi connectivity index (χ2n) is 6.34. The zero-order chi connectivity index (χ0) is 20.6. The van der Waals surface area contributed by atoms with Crippen molar-refractivity contribution in [3.8, 4) is 11.5 Å². The summed E-state index contributed by atoms with van der Waals surface area (Å²) in [6.07, 6.45) is 0. The highest BCUT2D eigenvalue weighted by Crippen LogP contribution is 2.24. The molecule has 148 valence electrons. The van der Waals surface area contributed by atoms with Gasteiger partial charge in [0.2, 0.25) is 5.91 Å². The van der Waals surface area contributed by atoms with Gasteiger partial charge in [0.15, 0.2) is 0 Å². The SMILES string of the molecule is CC(=O)N(CCNC(=O)c1ccc(F)cc1)c1ccc(Oc2ccccc2)cc1. The summed E-state index contributed by atoms with van der Waals surface area (Å²) in [4.78, 5) is 25.7. The first kappa shape index (κ1) is 20.1. The van der Waals surface area contributed by atoms with E-state index in [0.29, 0.717) is 23.5 Å². The number of nitrogens with one attached hydrogen (secondary N) is 1. The Morgan fingerprint density at radius 3 is 2.14 bits per heavy atom. The second-order valence-corrected chi connectivity index (χ2v) is 6.34. The number of hydrogen-bond donors (Lipinski definition) is 1. The molecular weight excluding hydrogens is 371 g/mol. The van der Waals surface area contributed by atoms with Crippen molar-refractivity contribution in [1.82, 2.24) is 5.32 Å². The molecule has 0 aliphatic carbocycles. The van der Waals surface area contributed by atoms with Crippen LogP contribution < -0.4 is 15.0 Å². The van der Waals surface area contributed by atoms with Crippen LogP contribution in [0.3, 0.4) is 0 Å². The summed E-state index contributed by atoms with van der Waals surface area (Å²) in [5.41, 5.74) is 1.07. The van der Waals surface area contributed by atoms with Gasteiger partial charge >= 0.3 is 0 Å². The fourth-order valence-corrected chi connectivity index (χ4v) is 2.77. The van der Waals surface area contributed by atoms with E-state index in [1.54, 1.807) is 29.2 Å². The van der Waals surface area contributed by atoms with Crippen molar-refractivity contribution in [1.29, 1.82) is 0 Å². The first-order chi connectivity index (χ1) is 14.0. The minimum Gasteiger partial charge on any atom is -0.457 e. The van der Waals surface area contributed by atoms with Crippen molar-refractivity contribution in [2.45, 2.75) is 6.92 Å². The topological polar surface area (TPSA) is 58.6 Å². The number of nitrogens with zero attached hydrogens (tertiary/aromatic N) is 1. The van der Waals surface area contributed by atoms with Crippen LogP contribution in [0, 0.1) is 5.82 Å². The van der Waals surface area contributed by atoms with E-state index in [-0.39, 0.29) is 18.4 Å². The summed E-state index contributed by atoms with van der Waals surface area (Å²) in [6, 6.07) is 21.9. The van der Waals surface area contributed by atoms with E-state index in [4.69, 9.17) is 4.74 Å². The summed E-state index contributed by atoms with van der Waals surface area (Å²) in [5.74, 6) is 0.530. The van der Waals surface area contributed by atoms with Crippen molar-refractivity contribution in [3.05, 3.63) is 90.2 Å². The number of hydrogen-bond acceptors (Lipinski definition) is 3. The Labute approximate surface area is 168 Å². The molecule has 0 bridgehead atoms. The normalized spacial score (nSPS) is 10.3. The van der Waals surface area contributed by atoms with Crippen LogP contribution in [-0.4, -0.2) is 24.9 Å². The van der Waals surface area contributed by atoms with E-state index in [1.165, 1.54) is 31.2 Å². The Hall–Kier alpha value is -3.67. The molecule has 0 aliphatic heterocycles. The fourth-order valence-electron chi connectivity index (χ4n) is 2.77. The molecule has 29 heavy (non-hydrogen) atoms. The molecule has 3 aromatic carbocycles. The zero-order valence-electron chi connectivity index (χ0n) is 16.0. The highest BCUT2D eigenvalue weighted by atomic mass is 19.1. The fraction of sp³-hybridized carbons (Fsp3) is 0.130. The Kier molecular flexibility index (Phi) is 6.58. The molecule has 5 nitrogen and oxygen atoms in total. The number of carbonyl (C=O) groups excluding carboxylic acids is 2. The summed E-state index contributed by atoms with van der Waals surface area (Å²) < 4.78 is 18.7. The number of amides is 2. The van der Waals surface area contributed by atoms with Crippen molar-refractivity contribution >= 4 is 17.5 Å². The summed E-state index contributed by atoms with van der Waals surface area (Å²) in [7, 11) is 0. The maximum atomic E-state index is 13.0. The second kappa shape index (κ2) is 9.50. The van der Waals surface area contributed by atoms with Crippen molar-refractivity contribution < 1.29 is 18.7 Å². The predicted molar refractivity (Wildman–Crippen MR) is 110 cm³/mol. The quantitative estimate of drug-likeness (QED) is 0.648. The number of halogens is 1. The molecule has 3 rings (SSSR count). The minimum atomic E-state index is -0.399. The Bertz CT molecular complexity index is 958. The van der Waals surface area contributed by atoms with Gasteiger partial charge in [-0.3, -0.25) is 9.59 Å². The van der Waals surface area contributed by atoms with Crippen LogP contribution in [-0.2, 0) is 4.79 Å². The van der Waals surface area contributed by atoms with Gasteiger partial charge in [0.1, 0.15) is 17.3 Å². The molecule has 0 aliphatic rings. The van der Waals surface area contributed by atoms with Crippen LogP contribution in [0.25, 0.3) is 0 Å². The first-order valence-electron chi connectivity index (χ1n) is 9.18. The molecule has 3 aromatic rings. The van der Waals surface area contributed by atoms with Gasteiger partial charge in [-0.25, -0.2) is 4.39 Å². The van der Waals surface area contributed by atoms with E-state index in [9.17, 15) is 14.0 Å². The van der Waals surface area contributed by atoms with E-state index in [2.05, 4.69) is 5.32 Å². The Morgan fingerprint density at radius 1 is 0.897 bits per heavy atom. The van der Waals surface area contributed by atoms with Crippen molar-refractivity contribution in [2.24, 2.45) is 0 Å². The van der Waals surface area contributed by atoms with E-state index >= 15 is 0 Å². The van der Waals surface area contributed by atoms with Gasteiger partial charge in [-0.1, -0.05) is 18.2 Å². The van der Waals surface area contributed by atoms with Gasteiger partial charge in [-0.05, 0) is 60.7 Å². The van der Waals surface area contributed by atoms with Crippen LogP contribution in [0.2, 0.25) is 0 Å². The van der Waals surface area contributed by atoms with E-state index in [1.807, 2.05) is 30.3 Å². The molecule has 0 unspecified atom stereocenters. The molecule has 0 aromatic heterocycles. The molecular formula is C23H21FN2O3.